The number of nitrogen functional groups attached to an aromatic ring is 1. The zero-order chi connectivity index (χ0) is 25.0. The summed E-state index contributed by atoms with van der Waals surface area (Å²) in [5.74, 6) is 2.33. The number of benzene rings is 2. The molecular formula is C23H24N8O4S. The molecule has 4 aromatic rings. The minimum atomic E-state index is -3.64. The summed E-state index contributed by atoms with van der Waals surface area (Å²) >= 11 is 0. The molecule has 4 heterocycles. The molecular weight excluding hydrogens is 484 g/mol. The summed E-state index contributed by atoms with van der Waals surface area (Å²) in [6.45, 7) is 2.68. The van der Waals surface area contributed by atoms with Gasteiger partial charge in [0, 0.05) is 44.9 Å². The molecule has 0 unspecified atom stereocenters. The first kappa shape index (κ1) is 22.5. The van der Waals surface area contributed by atoms with Crippen molar-refractivity contribution in [2.45, 2.75) is 4.90 Å². The zero-order valence-corrected chi connectivity index (χ0v) is 20.5. The van der Waals surface area contributed by atoms with E-state index in [1.54, 1.807) is 6.07 Å². The average molecular weight is 509 g/mol. The summed E-state index contributed by atoms with van der Waals surface area (Å²) < 4.78 is 38.3. The van der Waals surface area contributed by atoms with Crippen LogP contribution in [0.4, 0.5) is 23.3 Å². The molecule has 0 saturated carbocycles. The maximum Gasteiger partial charge on any atom is 0.242 e. The average Bonchev–Trinajstić information content (AvgIpc) is 3.19. The second-order valence-electron chi connectivity index (χ2n) is 8.71. The second kappa shape index (κ2) is 8.33. The van der Waals surface area contributed by atoms with Gasteiger partial charge in [-0.15, -0.1) is 0 Å². The minimum absolute atomic E-state index is 0.125. The van der Waals surface area contributed by atoms with Crippen molar-refractivity contribution in [3.63, 3.8) is 0 Å². The van der Waals surface area contributed by atoms with Crippen LogP contribution in [0, 0.1) is 0 Å². The van der Waals surface area contributed by atoms with Crippen LogP contribution in [-0.4, -0.2) is 73.3 Å². The highest BCUT2D eigenvalue weighted by Crippen LogP contribution is 2.45. The van der Waals surface area contributed by atoms with E-state index in [0.29, 0.717) is 55.0 Å². The van der Waals surface area contributed by atoms with Crippen molar-refractivity contribution in [1.29, 1.82) is 0 Å². The van der Waals surface area contributed by atoms with Gasteiger partial charge in [0.25, 0.3) is 0 Å². The number of rotatable bonds is 4. The third-order valence-corrected chi connectivity index (χ3v) is 8.00. The number of nitrogens with one attached hydrogen (secondary N) is 2. The fourth-order valence-electron chi connectivity index (χ4n) is 4.30. The summed E-state index contributed by atoms with van der Waals surface area (Å²) in [6, 6.07) is 10.4. The van der Waals surface area contributed by atoms with Crippen LogP contribution >= 0.6 is 0 Å². The Morgan fingerprint density at radius 2 is 1.86 bits per heavy atom. The van der Waals surface area contributed by atoms with E-state index in [-0.39, 0.29) is 10.8 Å². The van der Waals surface area contributed by atoms with E-state index in [4.69, 9.17) is 15.2 Å². The van der Waals surface area contributed by atoms with Gasteiger partial charge >= 0.3 is 0 Å². The molecule has 0 aliphatic carbocycles. The molecule has 13 heteroatoms. The van der Waals surface area contributed by atoms with Crippen molar-refractivity contribution in [1.82, 2.24) is 24.5 Å². The van der Waals surface area contributed by atoms with Crippen LogP contribution in [0.15, 0.2) is 41.3 Å². The van der Waals surface area contributed by atoms with Crippen molar-refractivity contribution in [3.8, 4) is 22.8 Å². The molecule has 0 radical (unpaired) electrons. The van der Waals surface area contributed by atoms with Crippen molar-refractivity contribution >= 4 is 44.2 Å². The number of H-pyrrole nitrogens is 1. The van der Waals surface area contributed by atoms with Crippen LogP contribution in [0.3, 0.4) is 0 Å². The van der Waals surface area contributed by atoms with Crippen LogP contribution in [0.2, 0.25) is 0 Å². The lowest BCUT2D eigenvalue weighted by atomic mass is 10.1. The Hall–Kier alpha value is -3.94. The fourth-order valence-corrected chi connectivity index (χ4v) is 5.22. The second-order valence-corrected chi connectivity index (χ2v) is 10.9. The molecule has 2 aromatic heterocycles. The molecule has 6 rings (SSSR count). The summed E-state index contributed by atoms with van der Waals surface area (Å²) in [5.41, 5.74) is 8.77. The van der Waals surface area contributed by atoms with Crippen molar-refractivity contribution in [3.05, 3.63) is 36.4 Å². The quantitative estimate of drug-likeness (QED) is 0.330. The van der Waals surface area contributed by atoms with Crippen molar-refractivity contribution in [2.24, 2.45) is 0 Å². The van der Waals surface area contributed by atoms with Gasteiger partial charge < -0.3 is 25.4 Å². The lowest BCUT2D eigenvalue weighted by molar-refractivity contribution is 0.122. The van der Waals surface area contributed by atoms with Crippen molar-refractivity contribution < 1.29 is 17.9 Å². The highest BCUT2D eigenvalue weighted by Gasteiger charge is 2.25. The number of fused-ring (bicyclic) bond motifs is 1. The van der Waals surface area contributed by atoms with Gasteiger partial charge in [0.1, 0.15) is 11.6 Å². The number of hydrogen-bond acceptors (Lipinski definition) is 10. The Balaban J connectivity index is 1.45. The smallest absolute Gasteiger partial charge is 0.242 e. The zero-order valence-electron chi connectivity index (χ0n) is 19.6. The molecule has 2 aliphatic rings. The molecule has 2 aromatic carbocycles. The summed E-state index contributed by atoms with van der Waals surface area (Å²) in [5, 5.41) is 11.4. The Morgan fingerprint density at radius 3 is 2.64 bits per heavy atom. The van der Waals surface area contributed by atoms with Gasteiger partial charge in [-0.05, 0) is 24.3 Å². The first-order valence-electron chi connectivity index (χ1n) is 11.3. The van der Waals surface area contributed by atoms with Crippen LogP contribution in [0.1, 0.15) is 0 Å². The van der Waals surface area contributed by atoms with Crippen LogP contribution in [0.5, 0.6) is 11.5 Å². The number of nitrogens with zero attached hydrogens (tertiary/aromatic N) is 5. The maximum atomic E-state index is 12.7. The van der Waals surface area contributed by atoms with Gasteiger partial charge in [0.15, 0.2) is 11.6 Å². The van der Waals surface area contributed by atoms with E-state index < -0.39 is 10.0 Å². The fraction of sp³-hybridized carbons (Fsp3) is 0.261. The van der Waals surface area contributed by atoms with Crippen LogP contribution < -0.4 is 20.7 Å². The van der Waals surface area contributed by atoms with Crippen LogP contribution in [0.25, 0.3) is 22.2 Å². The molecule has 36 heavy (non-hydrogen) atoms. The topological polar surface area (TPSA) is 152 Å². The molecule has 0 spiro atoms. The van der Waals surface area contributed by atoms with Crippen molar-refractivity contribution in [2.75, 3.05) is 56.3 Å². The number of hydrogen-bond donors (Lipinski definition) is 3. The molecule has 2 aliphatic heterocycles. The Bertz CT molecular complexity index is 1600. The van der Waals surface area contributed by atoms with E-state index in [1.165, 1.54) is 26.2 Å². The Labute approximate surface area is 207 Å². The number of nitrogens with two attached hydrogens (primary N) is 1. The molecule has 0 bridgehead atoms. The van der Waals surface area contributed by atoms with Gasteiger partial charge in [-0.1, -0.05) is 0 Å². The normalized spacial score (nSPS) is 15.4. The van der Waals surface area contributed by atoms with Gasteiger partial charge in [-0.25, -0.2) is 17.7 Å². The van der Waals surface area contributed by atoms with E-state index in [2.05, 4.69) is 30.4 Å². The number of ether oxygens (including phenoxy) is 2. The lowest BCUT2D eigenvalue weighted by Gasteiger charge is -2.28. The SMILES string of the molecule is CN(C)S(=O)(=O)c1ccc2c(c1)Oc1cc(-c3cc(N4CCOCC4)nc(N)n3)cc3[nH]nc(c13)N2. The van der Waals surface area contributed by atoms with Gasteiger partial charge in [-0.3, -0.25) is 5.10 Å². The number of anilines is 4. The maximum absolute atomic E-state index is 12.7. The predicted molar refractivity (Wildman–Crippen MR) is 135 cm³/mol. The highest BCUT2D eigenvalue weighted by atomic mass is 32.2. The first-order valence-corrected chi connectivity index (χ1v) is 12.7. The molecule has 12 nitrogen and oxygen atoms in total. The molecule has 4 N–H and O–H groups in total. The van der Waals surface area contributed by atoms with E-state index in [1.807, 2.05) is 18.2 Å². The van der Waals surface area contributed by atoms with Gasteiger partial charge in [-0.2, -0.15) is 10.1 Å². The molecule has 1 fully saturated rings. The minimum Gasteiger partial charge on any atom is -0.454 e. The summed E-state index contributed by atoms with van der Waals surface area (Å²) in [7, 11) is -0.665. The van der Waals surface area contributed by atoms with E-state index in [0.717, 1.165) is 26.6 Å². The molecule has 0 atom stereocenters. The highest BCUT2D eigenvalue weighted by molar-refractivity contribution is 7.89. The monoisotopic (exact) mass is 508 g/mol. The molecule has 1 saturated heterocycles. The third-order valence-electron chi connectivity index (χ3n) is 6.19. The number of aromatic nitrogens is 4. The molecule has 186 valence electrons. The number of morpholine rings is 1. The van der Waals surface area contributed by atoms with E-state index in [9.17, 15) is 8.42 Å². The standard InChI is InChI=1S/C23H24N8O4S/c1-30(2)36(32,33)14-3-4-15-18(11-14)35-19-10-13(9-17-21(19)22(25-15)29-28-17)16-12-20(27-23(24)26-16)31-5-7-34-8-6-31/h3-4,9-12H,5-8H2,1-2H3,(H2,24,26,27)(H2,25,28,29). The summed E-state index contributed by atoms with van der Waals surface area (Å²) in [6.07, 6.45) is 0. The predicted octanol–water partition coefficient (Wildman–Crippen LogP) is 2.54. The van der Waals surface area contributed by atoms with E-state index >= 15 is 0 Å². The largest absolute Gasteiger partial charge is 0.454 e. The Morgan fingerprint density at radius 1 is 1.06 bits per heavy atom. The lowest BCUT2D eigenvalue weighted by Crippen LogP contribution is -2.36. The number of aromatic amines is 1. The van der Waals surface area contributed by atoms with Gasteiger partial charge in [0.05, 0.1) is 40.4 Å². The Kier molecular flexibility index (Phi) is 5.21. The van der Waals surface area contributed by atoms with Crippen LogP contribution in [-0.2, 0) is 14.8 Å². The molecule has 0 amide bonds. The first-order chi connectivity index (χ1) is 17.3. The third kappa shape index (κ3) is 3.77. The number of sulfonamides is 1. The summed E-state index contributed by atoms with van der Waals surface area (Å²) in [4.78, 5) is 11.1. The van der Waals surface area contributed by atoms with Gasteiger partial charge in [0.2, 0.25) is 16.0 Å².